The molecule has 5 heterocycles. The van der Waals surface area contributed by atoms with Crippen molar-refractivity contribution >= 4 is 40.2 Å². The van der Waals surface area contributed by atoms with Crippen molar-refractivity contribution in [3.63, 3.8) is 0 Å². The van der Waals surface area contributed by atoms with Crippen molar-refractivity contribution in [1.82, 2.24) is 19.4 Å². The summed E-state index contributed by atoms with van der Waals surface area (Å²) in [6, 6.07) is 15.4. The van der Waals surface area contributed by atoms with Gasteiger partial charge in [0.2, 0.25) is 0 Å². The number of hydrogen-bond acceptors (Lipinski definition) is 7. The number of hydrogen-bond donors (Lipinski definition) is 1. The maximum absolute atomic E-state index is 13.7. The molecule has 43 heavy (non-hydrogen) atoms. The number of benzene rings is 1. The second-order valence-corrected chi connectivity index (χ2v) is 11.3. The average molecular weight is 643 g/mol. The first kappa shape index (κ1) is 28.6. The number of ether oxygens (including phenoxy) is 1. The summed E-state index contributed by atoms with van der Waals surface area (Å²) < 4.78 is 47.4. The van der Waals surface area contributed by atoms with E-state index in [1.807, 2.05) is 0 Å². The molecule has 216 valence electrons. The zero-order chi connectivity index (χ0) is 30.3. The molecule has 5 aromatic heterocycles. The van der Waals surface area contributed by atoms with Crippen LogP contribution in [0.25, 0.3) is 39.2 Å². The highest BCUT2D eigenvalue weighted by Gasteiger charge is 2.32. The quantitative estimate of drug-likeness (QED) is 0.159. The first-order chi connectivity index (χ1) is 20.6. The van der Waals surface area contributed by atoms with E-state index in [1.165, 1.54) is 51.0 Å². The van der Waals surface area contributed by atoms with Gasteiger partial charge in [-0.25, -0.2) is 14.8 Å². The Bertz CT molecular complexity index is 2030. The SMILES string of the molecule is O=c1c(-c2cc(OC(F)(F)F)cc(-c3ccc(-c4ccc(Cl)nc4)nc3)c2)c(O)[n+](Cc2cnc(Cl)s2)c2ccccn12. The molecule has 6 rings (SSSR count). The zero-order valence-electron chi connectivity index (χ0n) is 21.6. The van der Waals surface area contributed by atoms with Crippen molar-refractivity contribution in [1.29, 1.82) is 0 Å². The number of rotatable bonds is 6. The highest BCUT2D eigenvalue weighted by atomic mass is 35.5. The molecule has 0 atom stereocenters. The molecule has 0 aliphatic rings. The number of nitrogens with zero attached hydrogens (tertiary/aromatic N) is 5. The summed E-state index contributed by atoms with van der Waals surface area (Å²) >= 11 is 13.0. The Balaban J connectivity index is 1.52. The van der Waals surface area contributed by atoms with Gasteiger partial charge in [0.1, 0.15) is 17.4 Å². The number of pyridine rings is 3. The van der Waals surface area contributed by atoms with E-state index >= 15 is 0 Å². The largest absolute Gasteiger partial charge is 0.573 e. The number of halogens is 5. The summed E-state index contributed by atoms with van der Waals surface area (Å²) in [6.07, 6.45) is 1.05. The number of aromatic hydroxyl groups is 1. The van der Waals surface area contributed by atoms with Crippen molar-refractivity contribution in [2.45, 2.75) is 12.9 Å². The van der Waals surface area contributed by atoms with Gasteiger partial charge < -0.3 is 9.84 Å². The van der Waals surface area contributed by atoms with Crippen molar-refractivity contribution in [2.24, 2.45) is 0 Å². The van der Waals surface area contributed by atoms with Crippen LogP contribution in [0.5, 0.6) is 11.6 Å². The van der Waals surface area contributed by atoms with Crippen LogP contribution >= 0.6 is 34.5 Å². The van der Waals surface area contributed by atoms with Crippen LogP contribution in [-0.2, 0) is 6.54 Å². The lowest BCUT2D eigenvalue weighted by molar-refractivity contribution is -0.671. The molecule has 0 saturated carbocycles. The lowest BCUT2D eigenvalue weighted by Crippen LogP contribution is -2.41. The summed E-state index contributed by atoms with van der Waals surface area (Å²) in [5.41, 5.74) is 1.42. The van der Waals surface area contributed by atoms with E-state index in [0.29, 0.717) is 37.0 Å². The van der Waals surface area contributed by atoms with Crippen LogP contribution in [0.3, 0.4) is 0 Å². The van der Waals surface area contributed by atoms with Gasteiger partial charge in [-0.15, -0.1) is 24.5 Å². The maximum Gasteiger partial charge on any atom is 0.573 e. The number of thiazole rings is 1. The van der Waals surface area contributed by atoms with Crippen molar-refractivity contribution in [3.05, 3.63) is 110 Å². The molecule has 0 radical (unpaired) electrons. The Morgan fingerprint density at radius 3 is 2.35 bits per heavy atom. The third-order valence-corrected chi connectivity index (χ3v) is 7.74. The standard InChI is InChI=1S/C29H16Cl2F3N5O3S/c30-23-7-5-17(13-36-23)22-6-4-16(12-35-22)18-9-19(11-20(10-18)42-29(32,33)34)25-26(40)38-8-2-1-3-24(38)39(27(25)41)15-21-14-37-28(31)43-21/h1-14H,15H2/p+1. The van der Waals surface area contributed by atoms with Crippen LogP contribution in [0.2, 0.25) is 9.62 Å². The summed E-state index contributed by atoms with van der Waals surface area (Å²) in [4.78, 5) is 26.9. The van der Waals surface area contributed by atoms with Crippen LogP contribution in [0.4, 0.5) is 13.2 Å². The van der Waals surface area contributed by atoms with Gasteiger partial charge in [0.25, 0.3) is 11.5 Å². The molecule has 0 bridgehead atoms. The van der Waals surface area contributed by atoms with Crippen LogP contribution in [0.1, 0.15) is 4.88 Å². The molecule has 6 aromatic rings. The molecule has 0 fully saturated rings. The maximum atomic E-state index is 13.7. The smallest absolute Gasteiger partial charge is 0.477 e. The van der Waals surface area contributed by atoms with Gasteiger partial charge >= 0.3 is 11.9 Å². The third-order valence-electron chi connectivity index (χ3n) is 6.41. The molecular weight excluding hydrogens is 626 g/mol. The molecule has 0 spiro atoms. The van der Waals surface area contributed by atoms with Crippen molar-refractivity contribution in [3.8, 4) is 45.1 Å². The Morgan fingerprint density at radius 1 is 0.907 bits per heavy atom. The first-order valence-corrected chi connectivity index (χ1v) is 14.0. The van der Waals surface area contributed by atoms with E-state index in [2.05, 4.69) is 19.7 Å². The van der Waals surface area contributed by atoms with Crippen LogP contribution in [0, 0.1) is 0 Å². The topological polar surface area (TPSA) is 93.5 Å². The van der Waals surface area contributed by atoms with E-state index in [0.717, 1.165) is 6.07 Å². The molecule has 8 nitrogen and oxygen atoms in total. The Hall–Kier alpha value is -4.52. The molecule has 0 aliphatic carbocycles. The average Bonchev–Trinajstić information content (AvgIpc) is 3.39. The van der Waals surface area contributed by atoms with Crippen molar-refractivity contribution < 1.29 is 27.6 Å². The molecule has 0 aliphatic heterocycles. The Kier molecular flexibility index (Phi) is 7.50. The first-order valence-electron chi connectivity index (χ1n) is 12.4. The van der Waals surface area contributed by atoms with Gasteiger partial charge in [0, 0.05) is 41.3 Å². The fourth-order valence-electron chi connectivity index (χ4n) is 4.57. The lowest BCUT2D eigenvalue weighted by Gasteiger charge is -2.14. The van der Waals surface area contributed by atoms with Gasteiger partial charge in [0.15, 0.2) is 10.0 Å². The molecule has 14 heteroatoms. The summed E-state index contributed by atoms with van der Waals surface area (Å²) in [7, 11) is 0. The van der Waals surface area contributed by atoms with Gasteiger partial charge in [-0.2, -0.15) is 8.97 Å². The van der Waals surface area contributed by atoms with E-state index in [9.17, 15) is 23.1 Å². The normalized spacial score (nSPS) is 11.7. The third kappa shape index (κ3) is 6.03. The summed E-state index contributed by atoms with van der Waals surface area (Å²) in [5.74, 6) is -1.04. The molecular formula is C29H17Cl2F3N5O3S+. The van der Waals surface area contributed by atoms with E-state index in [4.69, 9.17) is 23.2 Å². The van der Waals surface area contributed by atoms with Crippen LogP contribution < -0.4 is 14.9 Å². The minimum Gasteiger partial charge on any atom is -0.477 e. The van der Waals surface area contributed by atoms with Crippen molar-refractivity contribution in [2.75, 3.05) is 0 Å². The van der Waals surface area contributed by atoms with E-state index in [-0.39, 0.29) is 23.2 Å². The zero-order valence-corrected chi connectivity index (χ0v) is 23.9. The molecule has 0 saturated heterocycles. The van der Waals surface area contributed by atoms with Gasteiger partial charge in [-0.3, -0.25) is 4.98 Å². The summed E-state index contributed by atoms with van der Waals surface area (Å²) in [6.45, 7) is 0.0908. The van der Waals surface area contributed by atoms with Gasteiger partial charge in [0.05, 0.1) is 16.8 Å². The number of fused-ring (bicyclic) bond motifs is 1. The molecule has 0 amide bonds. The van der Waals surface area contributed by atoms with Gasteiger partial charge in [-0.05, 0) is 48.0 Å². The number of aromatic nitrogens is 5. The summed E-state index contributed by atoms with van der Waals surface area (Å²) in [5, 5.41) is 11.8. The van der Waals surface area contributed by atoms with Gasteiger partial charge in [-0.1, -0.05) is 35.3 Å². The second kappa shape index (κ2) is 11.3. The predicted molar refractivity (Wildman–Crippen MR) is 155 cm³/mol. The van der Waals surface area contributed by atoms with Crippen LogP contribution in [0.15, 0.2) is 90.2 Å². The predicted octanol–water partition coefficient (Wildman–Crippen LogP) is 6.79. The Labute approximate surface area is 254 Å². The molecule has 1 N–H and O–H groups in total. The van der Waals surface area contributed by atoms with E-state index < -0.39 is 23.6 Å². The Morgan fingerprint density at radius 2 is 1.67 bits per heavy atom. The van der Waals surface area contributed by atoms with E-state index in [1.54, 1.807) is 48.7 Å². The highest BCUT2D eigenvalue weighted by Crippen LogP contribution is 2.35. The second-order valence-electron chi connectivity index (χ2n) is 9.19. The molecule has 0 unspecified atom stereocenters. The molecule has 1 aromatic carbocycles. The minimum atomic E-state index is -5.01. The number of alkyl halides is 3. The van der Waals surface area contributed by atoms with Crippen LogP contribution in [-0.4, -0.2) is 30.8 Å². The fraction of sp³-hybridized carbons (Fsp3) is 0.0690. The monoisotopic (exact) mass is 642 g/mol. The minimum absolute atomic E-state index is 0.000400. The highest BCUT2D eigenvalue weighted by molar-refractivity contribution is 7.15. The fourth-order valence-corrected chi connectivity index (χ4v) is 5.65. The lowest BCUT2D eigenvalue weighted by atomic mass is 9.99.